The maximum absolute atomic E-state index is 10.9. The van der Waals surface area contributed by atoms with Gasteiger partial charge in [0.25, 0.3) is 0 Å². The first-order chi connectivity index (χ1) is 10.1. The van der Waals surface area contributed by atoms with Gasteiger partial charge in [0.1, 0.15) is 12.7 Å². The second-order valence-corrected chi connectivity index (χ2v) is 4.44. The standard InChI is InChI=1S/C13H14N6O2/c14-6-11(12(15)16)19-18-9-3-1-8(2-4-9)5-10-7-21-13(20)17-10/h1-4,10,18H,5,7H2,(H3,15,16)(H,17,20)/b19-11+. The van der Waals surface area contributed by atoms with Crippen molar-refractivity contribution in [1.29, 1.82) is 10.7 Å². The van der Waals surface area contributed by atoms with Crippen molar-refractivity contribution in [2.75, 3.05) is 12.0 Å². The Bertz CT molecular complexity index is 617. The fourth-order valence-corrected chi connectivity index (χ4v) is 1.80. The minimum absolute atomic E-state index is 0.0164. The van der Waals surface area contributed by atoms with Gasteiger partial charge in [0.05, 0.1) is 11.7 Å². The first-order valence-electron chi connectivity index (χ1n) is 6.19. The molecule has 0 aromatic heterocycles. The average molecular weight is 286 g/mol. The number of hydrogen-bond donors (Lipinski definition) is 4. The summed E-state index contributed by atoms with van der Waals surface area (Å²) in [6, 6.07) is 9.02. The zero-order chi connectivity index (χ0) is 15.2. The Morgan fingerprint density at radius 3 is 2.81 bits per heavy atom. The molecule has 1 unspecified atom stereocenters. The lowest BCUT2D eigenvalue weighted by molar-refractivity contribution is 0.177. The third kappa shape index (κ3) is 3.94. The summed E-state index contributed by atoms with van der Waals surface area (Å²) in [5, 5.41) is 22.3. The maximum Gasteiger partial charge on any atom is 0.407 e. The number of rotatable bonds is 5. The SMILES string of the molecule is N#C/C(=N\Nc1ccc(CC2COC(=O)N2)cc1)C(=N)N. The van der Waals surface area contributed by atoms with Crippen LogP contribution in [0, 0.1) is 16.7 Å². The largest absolute Gasteiger partial charge is 0.447 e. The van der Waals surface area contributed by atoms with Crippen molar-refractivity contribution < 1.29 is 9.53 Å². The van der Waals surface area contributed by atoms with Crippen LogP contribution in [-0.2, 0) is 11.2 Å². The van der Waals surface area contributed by atoms with Crippen LogP contribution in [0.3, 0.4) is 0 Å². The van der Waals surface area contributed by atoms with Crippen LogP contribution in [0.25, 0.3) is 0 Å². The third-order valence-electron chi connectivity index (χ3n) is 2.83. The molecular formula is C13H14N6O2. The van der Waals surface area contributed by atoms with Crippen LogP contribution in [0.15, 0.2) is 29.4 Å². The predicted molar refractivity (Wildman–Crippen MR) is 77.0 cm³/mol. The molecule has 1 heterocycles. The van der Waals surface area contributed by atoms with E-state index in [2.05, 4.69) is 15.8 Å². The quantitative estimate of drug-likeness (QED) is 0.356. The van der Waals surface area contributed by atoms with E-state index in [4.69, 9.17) is 21.1 Å². The minimum Gasteiger partial charge on any atom is -0.447 e. The van der Waals surface area contributed by atoms with Gasteiger partial charge >= 0.3 is 6.09 Å². The second-order valence-electron chi connectivity index (χ2n) is 4.44. The molecule has 8 nitrogen and oxygen atoms in total. The normalized spacial score (nSPS) is 17.6. The molecule has 1 aliphatic rings. The molecule has 1 amide bonds. The number of alkyl carbamates (subject to hydrolysis) is 1. The van der Waals surface area contributed by atoms with Crippen molar-refractivity contribution in [1.82, 2.24) is 5.32 Å². The van der Waals surface area contributed by atoms with Crippen LogP contribution in [0.5, 0.6) is 0 Å². The highest BCUT2D eigenvalue weighted by atomic mass is 16.6. The smallest absolute Gasteiger partial charge is 0.407 e. The Hall–Kier alpha value is -3.08. The topological polar surface area (TPSA) is 136 Å². The predicted octanol–water partition coefficient (Wildman–Crippen LogP) is 0.565. The lowest BCUT2D eigenvalue weighted by Crippen LogP contribution is -2.28. The molecule has 5 N–H and O–H groups in total. The summed E-state index contributed by atoms with van der Waals surface area (Å²) in [7, 11) is 0. The third-order valence-corrected chi connectivity index (χ3v) is 2.83. The number of hydrogen-bond acceptors (Lipinski definition) is 6. The summed E-state index contributed by atoms with van der Waals surface area (Å²) in [4.78, 5) is 10.9. The highest BCUT2D eigenvalue weighted by Gasteiger charge is 2.21. The van der Waals surface area contributed by atoms with Crippen LogP contribution in [-0.4, -0.2) is 30.3 Å². The number of nitrogens with two attached hydrogens (primary N) is 1. The molecule has 0 radical (unpaired) electrons. The van der Waals surface area contributed by atoms with Gasteiger partial charge in [0, 0.05) is 0 Å². The molecule has 1 fully saturated rings. The first-order valence-corrected chi connectivity index (χ1v) is 6.19. The van der Waals surface area contributed by atoms with Gasteiger partial charge in [0.2, 0.25) is 5.71 Å². The number of carbonyl (C=O) groups is 1. The van der Waals surface area contributed by atoms with Crippen molar-refractivity contribution >= 4 is 23.3 Å². The lowest BCUT2D eigenvalue weighted by atomic mass is 10.1. The van der Waals surface area contributed by atoms with E-state index in [-0.39, 0.29) is 17.8 Å². The van der Waals surface area contributed by atoms with Crippen LogP contribution >= 0.6 is 0 Å². The van der Waals surface area contributed by atoms with Gasteiger partial charge in [-0.25, -0.2) is 4.79 Å². The van der Waals surface area contributed by atoms with Crippen molar-refractivity contribution in [3.63, 3.8) is 0 Å². The summed E-state index contributed by atoms with van der Waals surface area (Å²) in [6.45, 7) is 0.368. The first kappa shape index (κ1) is 14.3. The van der Waals surface area contributed by atoms with Crippen molar-refractivity contribution in [2.45, 2.75) is 12.5 Å². The summed E-state index contributed by atoms with van der Waals surface area (Å²) in [6.07, 6.45) is 0.285. The van der Waals surface area contributed by atoms with Crippen LogP contribution < -0.4 is 16.5 Å². The number of anilines is 1. The van der Waals surface area contributed by atoms with E-state index in [1.165, 1.54) is 0 Å². The highest BCUT2D eigenvalue weighted by molar-refractivity contribution is 6.45. The van der Waals surface area contributed by atoms with E-state index in [1.807, 2.05) is 12.1 Å². The number of nitrogens with zero attached hydrogens (tertiary/aromatic N) is 2. The zero-order valence-electron chi connectivity index (χ0n) is 11.1. The highest BCUT2D eigenvalue weighted by Crippen LogP contribution is 2.13. The molecule has 2 rings (SSSR count). The fourth-order valence-electron chi connectivity index (χ4n) is 1.80. The monoisotopic (exact) mass is 286 g/mol. The van der Waals surface area contributed by atoms with Crippen molar-refractivity contribution in [2.24, 2.45) is 10.8 Å². The molecule has 1 aromatic rings. The number of hydrazone groups is 1. The molecule has 21 heavy (non-hydrogen) atoms. The number of ether oxygens (including phenoxy) is 1. The number of benzene rings is 1. The molecule has 1 atom stereocenters. The molecule has 108 valence electrons. The van der Waals surface area contributed by atoms with E-state index in [0.29, 0.717) is 18.7 Å². The second kappa shape index (κ2) is 6.38. The van der Waals surface area contributed by atoms with Gasteiger partial charge in [-0.05, 0) is 24.1 Å². The number of nitriles is 1. The number of amidine groups is 1. The van der Waals surface area contributed by atoms with E-state index >= 15 is 0 Å². The molecule has 0 bridgehead atoms. The Labute approximate surface area is 121 Å². The number of cyclic esters (lactones) is 1. The molecule has 1 aromatic carbocycles. The molecule has 1 saturated heterocycles. The molecule has 8 heteroatoms. The average Bonchev–Trinajstić information content (AvgIpc) is 2.86. The van der Waals surface area contributed by atoms with Gasteiger partial charge < -0.3 is 15.8 Å². The van der Waals surface area contributed by atoms with Crippen LogP contribution in [0.1, 0.15) is 5.56 Å². The fraction of sp³-hybridized carbons (Fsp3) is 0.231. The van der Waals surface area contributed by atoms with E-state index in [1.54, 1.807) is 18.2 Å². The van der Waals surface area contributed by atoms with Crippen LogP contribution in [0.2, 0.25) is 0 Å². The summed E-state index contributed by atoms with van der Waals surface area (Å²) in [5.41, 5.74) is 9.36. The Morgan fingerprint density at radius 2 is 2.29 bits per heavy atom. The van der Waals surface area contributed by atoms with Gasteiger partial charge in [-0.2, -0.15) is 10.4 Å². The van der Waals surface area contributed by atoms with Crippen molar-refractivity contribution in [3.8, 4) is 6.07 Å². The van der Waals surface area contributed by atoms with Gasteiger partial charge in [0.15, 0.2) is 5.84 Å². The molecule has 0 saturated carbocycles. The van der Waals surface area contributed by atoms with Gasteiger partial charge in [-0.1, -0.05) is 12.1 Å². The van der Waals surface area contributed by atoms with E-state index < -0.39 is 5.84 Å². The number of carbonyl (C=O) groups excluding carboxylic acids is 1. The number of nitrogens with one attached hydrogen (secondary N) is 3. The number of amides is 1. The maximum atomic E-state index is 10.9. The Balaban J connectivity index is 1.94. The lowest BCUT2D eigenvalue weighted by Gasteiger charge is -2.08. The molecule has 0 aliphatic carbocycles. The molecule has 0 spiro atoms. The Kier molecular flexibility index (Phi) is 4.36. The molecule has 1 aliphatic heterocycles. The Morgan fingerprint density at radius 1 is 1.57 bits per heavy atom. The van der Waals surface area contributed by atoms with Crippen LogP contribution in [0.4, 0.5) is 10.5 Å². The van der Waals surface area contributed by atoms with E-state index in [9.17, 15) is 4.79 Å². The minimum atomic E-state index is -0.390. The summed E-state index contributed by atoms with van der Waals surface area (Å²) < 4.78 is 4.82. The molecular weight excluding hydrogens is 272 g/mol. The summed E-state index contributed by atoms with van der Waals surface area (Å²) in [5.74, 6) is -0.390. The van der Waals surface area contributed by atoms with E-state index in [0.717, 1.165) is 5.56 Å². The zero-order valence-corrected chi connectivity index (χ0v) is 11.1. The van der Waals surface area contributed by atoms with Gasteiger partial charge in [-0.15, -0.1) is 0 Å². The summed E-state index contributed by atoms with van der Waals surface area (Å²) >= 11 is 0. The van der Waals surface area contributed by atoms with Gasteiger partial charge in [-0.3, -0.25) is 10.8 Å². The van der Waals surface area contributed by atoms with Crippen molar-refractivity contribution in [3.05, 3.63) is 29.8 Å².